The first-order chi connectivity index (χ1) is 5.59. The molecule has 0 aliphatic rings. The van der Waals surface area contributed by atoms with Crippen molar-refractivity contribution in [2.45, 2.75) is 26.3 Å². The van der Waals surface area contributed by atoms with E-state index < -0.39 is 0 Å². The van der Waals surface area contributed by atoms with Crippen molar-refractivity contribution in [2.75, 3.05) is 0 Å². The number of aromatic nitrogens is 2. The summed E-state index contributed by atoms with van der Waals surface area (Å²) in [6, 6.07) is -0.149. The Balaban J connectivity index is 2.58. The van der Waals surface area contributed by atoms with Gasteiger partial charge in [-0.05, 0) is 12.3 Å². The molecule has 68 valence electrons. The number of halogens is 1. The van der Waals surface area contributed by atoms with E-state index in [0.29, 0.717) is 16.6 Å². The van der Waals surface area contributed by atoms with Crippen molar-refractivity contribution in [3.05, 3.63) is 10.7 Å². The van der Waals surface area contributed by atoms with Gasteiger partial charge in [-0.25, -0.2) is 0 Å². The van der Waals surface area contributed by atoms with Crippen LogP contribution in [0.4, 0.5) is 0 Å². The predicted octanol–water partition coefficient (Wildman–Crippen LogP) is 1.88. The summed E-state index contributed by atoms with van der Waals surface area (Å²) >= 11 is 3.07. The third-order valence-corrected chi connectivity index (χ3v) is 1.78. The van der Waals surface area contributed by atoms with Gasteiger partial charge in [-0.15, -0.1) is 10.2 Å². The summed E-state index contributed by atoms with van der Waals surface area (Å²) in [6.45, 7) is 4.20. The molecule has 0 aliphatic carbocycles. The molecule has 1 heterocycles. The minimum Gasteiger partial charge on any atom is -0.414 e. The fourth-order valence-corrected chi connectivity index (χ4v) is 1.22. The van der Waals surface area contributed by atoms with Crippen molar-refractivity contribution in [1.29, 1.82) is 0 Å². The van der Waals surface area contributed by atoms with E-state index in [9.17, 15) is 0 Å². The first-order valence-corrected chi connectivity index (χ1v) is 4.63. The van der Waals surface area contributed by atoms with E-state index >= 15 is 0 Å². The van der Waals surface area contributed by atoms with Crippen LogP contribution in [-0.4, -0.2) is 10.2 Å². The highest BCUT2D eigenvalue weighted by molar-refractivity contribution is 9.10. The zero-order valence-electron chi connectivity index (χ0n) is 7.12. The Morgan fingerprint density at radius 1 is 1.50 bits per heavy atom. The fraction of sp³-hybridized carbons (Fsp3) is 0.714. The van der Waals surface area contributed by atoms with Crippen molar-refractivity contribution < 1.29 is 4.42 Å². The molecule has 5 heteroatoms. The fourth-order valence-electron chi connectivity index (χ4n) is 0.974. The minimum absolute atomic E-state index is 0.149. The van der Waals surface area contributed by atoms with Crippen LogP contribution >= 0.6 is 15.9 Å². The second kappa shape index (κ2) is 4.00. The second-order valence-corrected chi connectivity index (χ2v) is 3.81. The maximum absolute atomic E-state index is 5.79. The number of nitrogens with two attached hydrogens (primary N) is 1. The largest absolute Gasteiger partial charge is 0.414 e. The van der Waals surface area contributed by atoms with E-state index in [2.05, 4.69) is 40.0 Å². The van der Waals surface area contributed by atoms with Gasteiger partial charge in [0, 0.05) is 15.9 Å². The molecule has 0 spiro atoms. The van der Waals surface area contributed by atoms with E-state index in [-0.39, 0.29) is 6.04 Å². The maximum Gasteiger partial charge on any atom is 0.284 e. The molecular weight excluding hydrogens is 222 g/mol. The average Bonchev–Trinajstić information content (AvgIpc) is 2.34. The number of rotatable bonds is 3. The molecule has 0 aromatic carbocycles. The van der Waals surface area contributed by atoms with Crippen LogP contribution in [0, 0.1) is 5.92 Å². The standard InChI is InChI=1S/C7H12BrN3O/c1-4(2)3-5(9)6-10-11-7(8)12-6/h4-5H,3,9H2,1-2H3/t5-/m1/s1. The molecule has 0 unspecified atom stereocenters. The SMILES string of the molecule is CC(C)C[C@@H](N)c1nnc(Br)o1. The second-order valence-electron chi connectivity index (χ2n) is 3.13. The lowest BCUT2D eigenvalue weighted by molar-refractivity contribution is 0.393. The van der Waals surface area contributed by atoms with Crippen molar-refractivity contribution >= 4 is 15.9 Å². The molecule has 2 N–H and O–H groups in total. The van der Waals surface area contributed by atoms with Crippen molar-refractivity contribution in [3.63, 3.8) is 0 Å². The molecule has 0 amide bonds. The Bertz CT molecular complexity index is 249. The van der Waals surface area contributed by atoms with Gasteiger partial charge in [-0.3, -0.25) is 0 Å². The zero-order chi connectivity index (χ0) is 9.14. The van der Waals surface area contributed by atoms with Gasteiger partial charge in [-0.1, -0.05) is 13.8 Å². The van der Waals surface area contributed by atoms with Gasteiger partial charge in [0.25, 0.3) is 4.80 Å². The van der Waals surface area contributed by atoms with Crippen molar-refractivity contribution in [2.24, 2.45) is 11.7 Å². The smallest absolute Gasteiger partial charge is 0.284 e. The van der Waals surface area contributed by atoms with E-state index in [0.717, 1.165) is 6.42 Å². The first kappa shape index (κ1) is 9.67. The van der Waals surface area contributed by atoms with Crippen LogP contribution in [0.2, 0.25) is 0 Å². The highest BCUT2D eigenvalue weighted by Gasteiger charge is 2.14. The van der Waals surface area contributed by atoms with Gasteiger partial charge in [0.05, 0.1) is 6.04 Å². The molecular formula is C7H12BrN3O. The molecule has 12 heavy (non-hydrogen) atoms. The Hall–Kier alpha value is -0.420. The lowest BCUT2D eigenvalue weighted by atomic mass is 10.1. The third-order valence-electron chi connectivity index (χ3n) is 1.46. The maximum atomic E-state index is 5.79. The summed E-state index contributed by atoms with van der Waals surface area (Å²) < 4.78 is 5.12. The minimum atomic E-state index is -0.149. The van der Waals surface area contributed by atoms with Crippen molar-refractivity contribution in [3.8, 4) is 0 Å². The first-order valence-electron chi connectivity index (χ1n) is 3.84. The Kier molecular flexibility index (Phi) is 3.22. The molecule has 0 aliphatic heterocycles. The van der Waals surface area contributed by atoms with E-state index in [1.165, 1.54) is 0 Å². The van der Waals surface area contributed by atoms with Gasteiger partial charge in [0.1, 0.15) is 0 Å². The van der Waals surface area contributed by atoms with Crippen LogP contribution in [0.5, 0.6) is 0 Å². The van der Waals surface area contributed by atoms with Gasteiger partial charge in [0.15, 0.2) is 0 Å². The van der Waals surface area contributed by atoms with Crippen LogP contribution in [0.3, 0.4) is 0 Å². The topological polar surface area (TPSA) is 64.9 Å². The summed E-state index contributed by atoms with van der Waals surface area (Å²) in [5.41, 5.74) is 5.79. The average molecular weight is 234 g/mol. The highest BCUT2D eigenvalue weighted by atomic mass is 79.9. The van der Waals surface area contributed by atoms with Gasteiger partial charge in [0.2, 0.25) is 5.89 Å². The van der Waals surface area contributed by atoms with Crippen LogP contribution in [0.25, 0.3) is 0 Å². The number of hydrogen-bond acceptors (Lipinski definition) is 4. The number of hydrogen-bond donors (Lipinski definition) is 1. The van der Waals surface area contributed by atoms with E-state index in [1.54, 1.807) is 0 Å². The van der Waals surface area contributed by atoms with Crippen LogP contribution in [0.15, 0.2) is 9.22 Å². The van der Waals surface area contributed by atoms with Crippen molar-refractivity contribution in [1.82, 2.24) is 10.2 Å². The summed E-state index contributed by atoms with van der Waals surface area (Å²) in [5.74, 6) is 1.03. The van der Waals surface area contributed by atoms with Crippen LogP contribution < -0.4 is 5.73 Å². The summed E-state index contributed by atoms with van der Waals surface area (Å²) in [7, 11) is 0. The highest BCUT2D eigenvalue weighted by Crippen LogP contribution is 2.18. The molecule has 1 aromatic heterocycles. The molecule has 0 radical (unpaired) electrons. The lowest BCUT2D eigenvalue weighted by Gasteiger charge is -2.08. The Labute approximate surface area is 79.7 Å². The normalized spacial score (nSPS) is 13.8. The van der Waals surface area contributed by atoms with Gasteiger partial charge in [-0.2, -0.15) is 0 Å². The Morgan fingerprint density at radius 2 is 2.17 bits per heavy atom. The van der Waals surface area contributed by atoms with E-state index in [1.807, 2.05) is 0 Å². The predicted molar refractivity (Wildman–Crippen MR) is 48.4 cm³/mol. The molecule has 1 rings (SSSR count). The Morgan fingerprint density at radius 3 is 2.58 bits per heavy atom. The molecule has 0 saturated heterocycles. The monoisotopic (exact) mass is 233 g/mol. The summed E-state index contributed by atoms with van der Waals surface area (Å²) in [4.78, 5) is 0.386. The summed E-state index contributed by atoms with van der Waals surface area (Å²) in [6.07, 6.45) is 0.856. The quantitative estimate of drug-likeness (QED) is 0.867. The van der Waals surface area contributed by atoms with E-state index in [4.69, 9.17) is 10.2 Å². The lowest BCUT2D eigenvalue weighted by Crippen LogP contribution is -2.13. The summed E-state index contributed by atoms with van der Waals surface area (Å²) in [5, 5.41) is 7.45. The zero-order valence-corrected chi connectivity index (χ0v) is 8.71. The number of nitrogens with zero attached hydrogens (tertiary/aromatic N) is 2. The molecule has 0 bridgehead atoms. The van der Waals surface area contributed by atoms with Crippen LogP contribution in [-0.2, 0) is 0 Å². The molecule has 0 saturated carbocycles. The van der Waals surface area contributed by atoms with Gasteiger partial charge < -0.3 is 10.2 Å². The molecule has 0 fully saturated rings. The van der Waals surface area contributed by atoms with Gasteiger partial charge >= 0.3 is 0 Å². The third kappa shape index (κ3) is 2.57. The molecule has 4 nitrogen and oxygen atoms in total. The molecule has 1 atom stereocenters. The van der Waals surface area contributed by atoms with Crippen LogP contribution in [0.1, 0.15) is 32.2 Å². The molecule has 1 aromatic rings.